The Kier molecular flexibility index (Phi) is 3.01. The minimum Gasteiger partial charge on any atom is -0.341 e. The van der Waals surface area contributed by atoms with Crippen LogP contribution >= 0.6 is 0 Å². The van der Waals surface area contributed by atoms with Gasteiger partial charge in [0.1, 0.15) is 5.82 Å². The summed E-state index contributed by atoms with van der Waals surface area (Å²) in [5, 5.41) is 0. The van der Waals surface area contributed by atoms with Gasteiger partial charge in [0.15, 0.2) is 0 Å². The van der Waals surface area contributed by atoms with Crippen LogP contribution in [0, 0.1) is 12.7 Å². The largest absolute Gasteiger partial charge is 0.341 e. The Bertz CT molecular complexity index is 680. The van der Waals surface area contributed by atoms with E-state index in [1.54, 1.807) is 24.1 Å². The van der Waals surface area contributed by atoms with Gasteiger partial charge in [-0.1, -0.05) is 0 Å². The average molecular weight is 270 g/mol. The topological polar surface area (TPSA) is 33.2 Å². The molecule has 0 aliphatic carbocycles. The van der Waals surface area contributed by atoms with Gasteiger partial charge in [-0.15, -0.1) is 0 Å². The summed E-state index contributed by atoms with van der Waals surface area (Å²) < 4.78 is 13.1. The van der Waals surface area contributed by atoms with E-state index in [0.29, 0.717) is 11.3 Å². The molecule has 20 heavy (non-hydrogen) atoms. The molecule has 1 aromatic heterocycles. The number of amides is 1. The molecule has 3 nitrogen and oxygen atoms in total. The monoisotopic (exact) mass is 270 g/mol. The van der Waals surface area contributed by atoms with E-state index >= 15 is 0 Å². The molecule has 4 heteroatoms. The SMILES string of the molecule is Cc1cc2c(c(-c3ccc(F)cc3)n1)C(=O)N(C)CC2. The standard InChI is InChI=1S/C16H15FN2O/c1-10-9-12-7-8-19(2)16(20)14(12)15(18-10)11-3-5-13(17)6-4-11/h3-6,9H,7-8H2,1-2H3. The Morgan fingerprint density at radius 3 is 2.65 bits per heavy atom. The highest BCUT2D eigenvalue weighted by Gasteiger charge is 2.26. The number of hydrogen-bond acceptors (Lipinski definition) is 2. The fourth-order valence-corrected chi connectivity index (χ4v) is 2.57. The number of nitrogens with zero attached hydrogens (tertiary/aromatic N) is 2. The first-order valence-corrected chi connectivity index (χ1v) is 6.58. The van der Waals surface area contributed by atoms with Crippen LogP contribution in [0.3, 0.4) is 0 Å². The zero-order chi connectivity index (χ0) is 14.3. The number of hydrogen-bond donors (Lipinski definition) is 0. The first-order chi connectivity index (χ1) is 9.56. The lowest BCUT2D eigenvalue weighted by Gasteiger charge is -2.26. The van der Waals surface area contributed by atoms with Crippen LogP contribution in [-0.4, -0.2) is 29.4 Å². The van der Waals surface area contributed by atoms with Gasteiger partial charge in [0.2, 0.25) is 0 Å². The number of likely N-dealkylation sites (N-methyl/N-ethyl adjacent to an activating group) is 1. The summed E-state index contributed by atoms with van der Waals surface area (Å²) in [4.78, 5) is 18.6. The van der Waals surface area contributed by atoms with E-state index < -0.39 is 0 Å². The Morgan fingerprint density at radius 2 is 1.95 bits per heavy atom. The number of carbonyl (C=O) groups is 1. The lowest BCUT2D eigenvalue weighted by atomic mass is 9.94. The molecule has 1 aromatic carbocycles. The molecule has 1 aliphatic heterocycles. The predicted octanol–water partition coefficient (Wildman–Crippen LogP) is 2.82. The van der Waals surface area contributed by atoms with Gasteiger partial charge in [-0.3, -0.25) is 9.78 Å². The summed E-state index contributed by atoms with van der Waals surface area (Å²) in [7, 11) is 1.79. The molecular weight excluding hydrogens is 255 g/mol. The molecule has 1 aliphatic rings. The molecule has 0 fully saturated rings. The number of pyridine rings is 1. The van der Waals surface area contributed by atoms with E-state index in [9.17, 15) is 9.18 Å². The number of fused-ring (bicyclic) bond motifs is 1. The number of rotatable bonds is 1. The highest BCUT2D eigenvalue weighted by molar-refractivity contribution is 6.02. The van der Waals surface area contributed by atoms with Crippen molar-refractivity contribution in [3.8, 4) is 11.3 Å². The molecule has 0 atom stereocenters. The molecule has 2 aromatic rings. The Balaban J connectivity index is 2.22. The van der Waals surface area contributed by atoms with Gasteiger partial charge in [0, 0.05) is 24.8 Å². The number of benzene rings is 1. The van der Waals surface area contributed by atoms with Crippen molar-refractivity contribution in [2.75, 3.05) is 13.6 Å². The fourth-order valence-electron chi connectivity index (χ4n) is 2.57. The second-order valence-corrected chi connectivity index (χ2v) is 5.13. The molecule has 102 valence electrons. The number of aryl methyl sites for hydroxylation is 1. The molecule has 0 unspecified atom stereocenters. The van der Waals surface area contributed by atoms with Crippen LogP contribution in [0.5, 0.6) is 0 Å². The van der Waals surface area contributed by atoms with Gasteiger partial charge in [0.05, 0.1) is 11.3 Å². The highest BCUT2D eigenvalue weighted by atomic mass is 19.1. The van der Waals surface area contributed by atoms with Gasteiger partial charge in [-0.05, 0) is 49.2 Å². The minimum atomic E-state index is -0.293. The molecule has 0 bridgehead atoms. The van der Waals surface area contributed by atoms with Gasteiger partial charge in [-0.2, -0.15) is 0 Å². The van der Waals surface area contributed by atoms with Crippen molar-refractivity contribution < 1.29 is 9.18 Å². The minimum absolute atomic E-state index is 0.0157. The lowest BCUT2D eigenvalue weighted by molar-refractivity contribution is 0.0781. The summed E-state index contributed by atoms with van der Waals surface area (Å²) in [6.45, 7) is 2.63. The van der Waals surface area contributed by atoms with Gasteiger partial charge in [0.25, 0.3) is 5.91 Å². The maximum absolute atomic E-state index is 13.1. The third kappa shape index (κ3) is 2.07. The van der Waals surface area contributed by atoms with Crippen molar-refractivity contribution in [2.24, 2.45) is 0 Å². The van der Waals surface area contributed by atoms with Crippen LogP contribution in [0.15, 0.2) is 30.3 Å². The molecule has 0 saturated carbocycles. The Labute approximate surface area is 117 Å². The van der Waals surface area contributed by atoms with Gasteiger partial charge >= 0.3 is 0 Å². The van der Waals surface area contributed by atoms with Gasteiger partial charge in [-0.25, -0.2) is 4.39 Å². The van der Waals surface area contributed by atoms with E-state index in [-0.39, 0.29) is 11.7 Å². The predicted molar refractivity (Wildman–Crippen MR) is 75.0 cm³/mol. The molecule has 2 heterocycles. The summed E-state index contributed by atoms with van der Waals surface area (Å²) in [6, 6.07) is 8.08. The van der Waals surface area contributed by atoms with E-state index in [1.165, 1.54) is 12.1 Å². The molecule has 0 spiro atoms. The first kappa shape index (κ1) is 12.8. The summed E-state index contributed by atoms with van der Waals surface area (Å²) in [6.07, 6.45) is 0.829. The van der Waals surface area contributed by atoms with E-state index in [2.05, 4.69) is 4.98 Å². The van der Waals surface area contributed by atoms with Crippen LogP contribution in [0.25, 0.3) is 11.3 Å². The van der Waals surface area contributed by atoms with Crippen molar-refractivity contribution in [1.82, 2.24) is 9.88 Å². The molecule has 0 saturated heterocycles. The van der Waals surface area contributed by atoms with Crippen LogP contribution in [0.4, 0.5) is 4.39 Å². The van der Waals surface area contributed by atoms with Crippen molar-refractivity contribution in [3.05, 3.63) is 53.0 Å². The van der Waals surface area contributed by atoms with Crippen molar-refractivity contribution >= 4 is 5.91 Å². The van der Waals surface area contributed by atoms with Crippen molar-refractivity contribution in [3.63, 3.8) is 0 Å². The lowest BCUT2D eigenvalue weighted by Crippen LogP contribution is -2.35. The zero-order valence-corrected chi connectivity index (χ0v) is 11.5. The van der Waals surface area contributed by atoms with Gasteiger partial charge < -0.3 is 4.90 Å². The van der Waals surface area contributed by atoms with E-state index in [1.807, 2.05) is 13.0 Å². The zero-order valence-electron chi connectivity index (χ0n) is 11.5. The summed E-state index contributed by atoms with van der Waals surface area (Å²) >= 11 is 0. The van der Waals surface area contributed by atoms with Crippen LogP contribution in [0.1, 0.15) is 21.6 Å². The average Bonchev–Trinajstić information content (AvgIpc) is 2.43. The third-order valence-electron chi connectivity index (χ3n) is 3.62. The number of aromatic nitrogens is 1. The van der Waals surface area contributed by atoms with Crippen molar-refractivity contribution in [2.45, 2.75) is 13.3 Å². The highest BCUT2D eigenvalue weighted by Crippen LogP contribution is 2.29. The molecule has 3 rings (SSSR count). The molecule has 0 N–H and O–H groups in total. The third-order valence-corrected chi connectivity index (χ3v) is 3.62. The van der Waals surface area contributed by atoms with E-state index in [4.69, 9.17) is 0 Å². The molecule has 0 radical (unpaired) electrons. The Morgan fingerprint density at radius 1 is 1.25 bits per heavy atom. The van der Waals surface area contributed by atoms with Crippen LogP contribution < -0.4 is 0 Å². The van der Waals surface area contributed by atoms with E-state index in [0.717, 1.165) is 29.8 Å². The normalized spacial score (nSPS) is 14.3. The number of halogens is 1. The molecule has 1 amide bonds. The summed E-state index contributed by atoms with van der Waals surface area (Å²) in [5.41, 5.74) is 3.97. The Hall–Kier alpha value is -2.23. The van der Waals surface area contributed by atoms with Crippen LogP contribution in [0.2, 0.25) is 0 Å². The van der Waals surface area contributed by atoms with Crippen molar-refractivity contribution in [1.29, 1.82) is 0 Å². The second-order valence-electron chi connectivity index (χ2n) is 5.13. The first-order valence-electron chi connectivity index (χ1n) is 6.58. The summed E-state index contributed by atoms with van der Waals surface area (Å²) in [5.74, 6) is -0.309. The van der Waals surface area contributed by atoms with Crippen LogP contribution in [-0.2, 0) is 6.42 Å². The smallest absolute Gasteiger partial charge is 0.256 e. The number of carbonyl (C=O) groups excluding carboxylic acids is 1. The quantitative estimate of drug-likeness (QED) is 0.798. The maximum Gasteiger partial charge on any atom is 0.256 e. The maximum atomic E-state index is 13.1. The second kappa shape index (κ2) is 4.71. The fraction of sp³-hybridized carbons (Fsp3) is 0.250. The molecular formula is C16H15FN2O.